The summed E-state index contributed by atoms with van der Waals surface area (Å²) in [6.45, 7) is 0. The molecule has 4 nitrogen and oxygen atoms in total. The molecule has 12 heavy (non-hydrogen) atoms. The van der Waals surface area contributed by atoms with Gasteiger partial charge in [-0.15, -0.1) is 0 Å². The van der Waals surface area contributed by atoms with E-state index in [1.54, 1.807) is 0 Å². The third-order valence-corrected chi connectivity index (χ3v) is 1.50. The van der Waals surface area contributed by atoms with Crippen LogP contribution in [0.1, 0.15) is 20.7 Å². The van der Waals surface area contributed by atoms with Gasteiger partial charge in [0.1, 0.15) is 5.15 Å². The van der Waals surface area contributed by atoms with Crippen molar-refractivity contribution in [1.82, 2.24) is 4.98 Å². The maximum absolute atomic E-state index is 10.7. The average Bonchev–Trinajstić information content (AvgIpc) is 2.03. The number of primary amides is 1. The van der Waals surface area contributed by atoms with Gasteiger partial charge in [0, 0.05) is 11.8 Å². The molecule has 5 heteroatoms. The number of halogens is 1. The monoisotopic (exact) mass is 184 g/mol. The lowest BCUT2D eigenvalue weighted by Crippen LogP contribution is -2.13. The largest absolute Gasteiger partial charge is 0.366 e. The number of hydrogen-bond donors (Lipinski definition) is 1. The molecule has 2 N–H and O–H groups in total. The van der Waals surface area contributed by atoms with Crippen LogP contribution in [0, 0.1) is 0 Å². The number of pyridine rings is 1. The van der Waals surface area contributed by atoms with Crippen LogP contribution >= 0.6 is 11.6 Å². The molecule has 1 rings (SSSR count). The van der Waals surface area contributed by atoms with Crippen molar-refractivity contribution in [3.05, 3.63) is 28.5 Å². The fourth-order valence-electron chi connectivity index (χ4n) is 0.747. The zero-order chi connectivity index (χ0) is 9.14. The number of nitrogens with two attached hydrogens (primary N) is 1. The summed E-state index contributed by atoms with van der Waals surface area (Å²) in [6.07, 6.45) is 1.68. The molecule has 0 aliphatic rings. The van der Waals surface area contributed by atoms with E-state index in [-0.39, 0.29) is 16.3 Å². The van der Waals surface area contributed by atoms with Crippen molar-refractivity contribution < 1.29 is 9.59 Å². The van der Waals surface area contributed by atoms with Crippen LogP contribution in [0.15, 0.2) is 12.3 Å². The number of rotatable bonds is 2. The van der Waals surface area contributed by atoms with Crippen molar-refractivity contribution in [3.8, 4) is 0 Å². The minimum Gasteiger partial charge on any atom is -0.366 e. The van der Waals surface area contributed by atoms with E-state index in [9.17, 15) is 9.59 Å². The number of carbonyl (C=O) groups is 2. The molecule has 0 radical (unpaired) electrons. The zero-order valence-corrected chi connectivity index (χ0v) is 6.71. The summed E-state index contributed by atoms with van der Waals surface area (Å²) in [6, 6.07) is 1.29. The molecule has 0 saturated carbocycles. The second kappa shape index (κ2) is 3.32. The van der Waals surface area contributed by atoms with E-state index in [4.69, 9.17) is 17.3 Å². The molecule has 0 saturated heterocycles. The van der Waals surface area contributed by atoms with Crippen molar-refractivity contribution in [2.45, 2.75) is 0 Å². The van der Waals surface area contributed by atoms with Crippen LogP contribution in [0.25, 0.3) is 0 Å². The first kappa shape index (κ1) is 8.67. The van der Waals surface area contributed by atoms with E-state index >= 15 is 0 Å². The third kappa shape index (κ3) is 1.60. The Morgan fingerprint density at radius 3 is 2.83 bits per heavy atom. The van der Waals surface area contributed by atoms with Crippen LogP contribution in [0.4, 0.5) is 0 Å². The molecule has 0 aliphatic heterocycles. The smallest absolute Gasteiger partial charge is 0.250 e. The number of aldehydes is 1. The second-order valence-electron chi connectivity index (χ2n) is 2.08. The van der Waals surface area contributed by atoms with Crippen LogP contribution in [0.5, 0.6) is 0 Å². The molecule has 1 aromatic rings. The van der Waals surface area contributed by atoms with Gasteiger partial charge in [0.05, 0.1) is 5.56 Å². The van der Waals surface area contributed by atoms with E-state index in [2.05, 4.69) is 4.98 Å². The highest BCUT2D eigenvalue weighted by atomic mass is 35.5. The average molecular weight is 185 g/mol. The summed E-state index contributed by atoms with van der Waals surface area (Å²) >= 11 is 5.48. The molecule has 0 aliphatic carbocycles. The number of aromatic nitrogens is 1. The van der Waals surface area contributed by atoms with Gasteiger partial charge in [0.2, 0.25) is 0 Å². The highest BCUT2D eigenvalue weighted by Crippen LogP contribution is 2.10. The van der Waals surface area contributed by atoms with Crippen LogP contribution in [-0.2, 0) is 0 Å². The van der Waals surface area contributed by atoms with Gasteiger partial charge in [0.15, 0.2) is 6.29 Å². The maximum atomic E-state index is 10.7. The summed E-state index contributed by atoms with van der Waals surface area (Å²) < 4.78 is 0. The Hall–Kier alpha value is -1.42. The quantitative estimate of drug-likeness (QED) is 0.542. The lowest BCUT2D eigenvalue weighted by molar-refractivity contribution is 0.0992. The van der Waals surface area contributed by atoms with Crippen molar-refractivity contribution in [2.75, 3.05) is 0 Å². The van der Waals surface area contributed by atoms with Crippen molar-refractivity contribution in [3.63, 3.8) is 0 Å². The Bertz CT molecular complexity index is 338. The lowest BCUT2D eigenvalue weighted by atomic mass is 10.1. The fraction of sp³-hybridized carbons (Fsp3) is 0. The normalized spacial score (nSPS) is 9.42. The van der Waals surface area contributed by atoms with Gasteiger partial charge in [0.25, 0.3) is 5.91 Å². The number of amides is 1. The molecule has 1 aromatic heterocycles. The summed E-state index contributed by atoms with van der Waals surface area (Å²) in [5.41, 5.74) is 5.19. The Morgan fingerprint density at radius 2 is 2.33 bits per heavy atom. The molecule has 1 heterocycles. The highest BCUT2D eigenvalue weighted by Gasteiger charge is 2.07. The van der Waals surface area contributed by atoms with Gasteiger partial charge < -0.3 is 5.73 Å². The van der Waals surface area contributed by atoms with Crippen molar-refractivity contribution in [1.29, 1.82) is 0 Å². The predicted molar refractivity (Wildman–Crippen MR) is 43.2 cm³/mol. The highest BCUT2D eigenvalue weighted by molar-refractivity contribution is 6.29. The van der Waals surface area contributed by atoms with Gasteiger partial charge in [-0.05, 0) is 6.07 Å². The third-order valence-electron chi connectivity index (χ3n) is 1.30. The molecule has 1 amide bonds. The van der Waals surface area contributed by atoms with E-state index < -0.39 is 5.91 Å². The Balaban J connectivity index is 3.29. The second-order valence-corrected chi connectivity index (χ2v) is 2.46. The Kier molecular flexibility index (Phi) is 2.40. The molecule has 0 aromatic carbocycles. The lowest BCUT2D eigenvalue weighted by Gasteiger charge is -1.98. The summed E-state index contributed by atoms with van der Waals surface area (Å²) in [4.78, 5) is 24.7. The van der Waals surface area contributed by atoms with Crippen molar-refractivity contribution in [2.24, 2.45) is 5.73 Å². The fourth-order valence-corrected chi connectivity index (χ4v) is 0.914. The molecular formula is C7H5ClN2O2. The SMILES string of the molecule is NC(=O)c1cnc(Cl)cc1C=O. The van der Waals surface area contributed by atoms with E-state index in [0.29, 0.717) is 6.29 Å². The minimum atomic E-state index is -0.693. The molecule has 0 spiro atoms. The summed E-state index contributed by atoms with van der Waals surface area (Å²) in [7, 11) is 0. The number of hydrogen-bond acceptors (Lipinski definition) is 3. The number of nitrogens with zero attached hydrogens (tertiary/aromatic N) is 1. The molecular weight excluding hydrogens is 180 g/mol. The first-order valence-corrected chi connectivity index (χ1v) is 3.43. The van der Waals surface area contributed by atoms with Gasteiger partial charge in [-0.3, -0.25) is 9.59 Å². The topological polar surface area (TPSA) is 73.1 Å². The number of carbonyl (C=O) groups excluding carboxylic acids is 2. The molecule has 0 fully saturated rings. The standard InChI is InChI=1S/C7H5ClN2O2/c8-6-1-4(3-11)5(2-10-6)7(9)12/h1-3H,(H2,9,12). The minimum absolute atomic E-state index is 0.0781. The zero-order valence-electron chi connectivity index (χ0n) is 5.95. The van der Waals surface area contributed by atoms with Gasteiger partial charge in [-0.1, -0.05) is 11.6 Å². The first-order chi connectivity index (χ1) is 5.65. The maximum Gasteiger partial charge on any atom is 0.250 e. The molecule has 0 unspecified atom stereocenters. The molecule has 0 bridgehead atoms. The summed E-state index contributed by atoms with van der Waals surface area (Å²) in [5.74, 6) is -0.693. The molecule has 62 valence electrons. The van der Waals surface area contributed by atoms with Crippen LogP contribution < -0.4 is 5.73 Å². The predicted octanol–water partition coefficient (Wildman–Crippen LogP) is 0.646. The summed E-state index contributed by atoms with van der Waals surface area (Å²) in [5, 5.41) is 0.155. The first-order valence-electron chi connectivity index (χ1n) is 3.05. The van der Waals surface area contributed by atoms with Gasteiger partial charge >= 0.3 is 0 Å². The Morgan fingerprint density at radius 1 is 1.67 bits per heavy atom. The van der Waals surface area contributed by atoms with Crippen LogP contribution in [0.3, 0.4) is 0 Å². The van der Waals surface area contributed by atoms with Gasteiger partial charge in [-0.2, -0.15) is 0 Å². The Labute approximate surface area is 73.3 Å². The van der Waals surface area contributed by atoms with Crippen LogP contribution in [0.2, 0.25) is 5.15 Å². The molecule has 0 atom stereocenters. The van der Waals surface area contributed by atoms with E-state index in [0.717, 1.165) is 0 Å². The van der Waals surface area contributed by atoms with E-state index in [1.807, 2.05) is 0 Å². The van der Waals surface area contributed by atoms with Crippen LogP contribution in [-0.4, -0.2) is 17.2 Å². The van der Waals surface area contributed by atoms with Gasteiger partial charge in [-0.25, -0.2) is 4.98 Å². The van der Waals surface area contributed by atoms with E-state index in [1.165, 1.54) is 12.3 Å². The van der Waals surface area contributed by atoms with Crippen molar-refractivity contribution >= 4 is 23.8 Å².